The highest BCUT2D eigenvalue weighted by Gasteiger charge is 2.42. The Labute approximate surface area is 269 Å². The number of allylic oxidation sites excluding steroid dienone is 17. The zero-order valence-electron chi connectivity index (χ0n) is 26.9. The van der Waals surface area contributed by atoms with Crippen molar-refractivity contribution in [2.24, 2.45) is 11.8 Å². The zero-order valence-corrected chi connectivity index (χ0v) is 26.9. The minimum atomic E-state index is -0.265. The Balaban J connectivity index is 1.23. The van der Waals surface area contributed by atoms with E-state index in [1.165, 1.54) is 39.8 Å². The van der Waals surface area contributed by atoms with Crippen LogP contribution in [0.3, 0.4) is 0 Å². The third-order valence-corrected chi connectivity index (χ3v) is 11.2. The molecule has 1 aliphatic heterocycles. The Morgan fingerprint density at radius 2 is 1.73 bits per heavy atom. The van der Waals surface area contributed by atoms with E-state index in [0.717, 1.165) is 44.9 Å². The van der Waals surface area contributed by atoms with E-state index in [-0.39, 0.29) is 18.0 Å². The summed E-state index contributed by atoms with van der Waals surface area (Å²) in [5.74, 6) is 1.30. The van der Waals surface area contributed by atoms with Gasteiger partial charge in [0.15, 0.2) is 0 Å². The first kappa shape index (κ1) is 28.9. The molecular weight excluding hydrogens is 546 g/mol. The SMILES string of the molecule is CC1CC=CC2=C1C(c1cc(C3NC(C4=CCCC=C4)NC(C)(C4C=CC=CC4)N3)ccc1C1=CCC=C1)CC1=C2CCC=C1. The Hall–Kier alpha value is -3.50. The largest absolute Gasteiger partial charge is 0.280 e. The van der Waals surface area contributed by atoms with Gasteiger partial charge in [-0.2, -0.15) is 0 Å². The van der Waals surface area contributed by atoms with Crippen molar-refractivity contribution in [1.82, 2.24) is 16.0 Å². The van der Waals surface area contributed by atoms with Crippen LogP contribution in [0.1, 0.15) is 94.0 Å². The molecule has 1 fully saturated rings. The highest BCUT2D eigenvalue weighted by Crippen LogP contribution is 2.51. The van der Waals surface area contributed by atoms with Crippen LogP contribution in [0.4, 0.5) is 0 Å². The van der Waals surface area contributed by atoms with Crippen LogP contribution in [-0.4, -0.2) is 11.8 Å². The van der Waals surface area contributed by atoms with Gasteiger partial charge < -0.3 is 0 Å². The molecule has 7 aliphatic rings. The van der Waals surface area contributed by atoms with E-state index in [9.17, 15) is 0 Å². The first-order valence-corrected chi connectivity index (χ1v) is 17.4. The van der Waals surface area contributed by atoms with Gasteiger partial charge in [0, 0.05) is 11.8 Å². The molecule has 0 radical (unpaired) electrons. The van der Waals surface area contributed by atoms with Gasteiger partial charge in [0.2, 0.25) is 0 Å². The monoisotopic (exact) mass is 593 g/mol. The van der Waals surface area contributed by atoms with Gasteiger partial charge in [-0.25, -0.2) is 0 Å². The average molecular weight is 594 g/mol. The summed E-state index contributed by atoms with van der Waals surface area (Å²) in [5.41, 5.74) is 13.0. The normalized spacial score (nSPS) is 33.8. The second-order valence-electron chi connectivity index (χ2n) is 14.1. The quantitative estimate of drug-likeness (QED) is 0.318. The molecule has 0 bridgehead atoms. The molecule has 3 N–H and O–H groups in total. The molecule has 0 saturated carbocycles. The van der Waals surface area contributed by atoms with Crippen LogP contribution in [-0.2, 0) is 0 Å². The molecule has 6 atom stereocenters. The Morgan fingerprint density at radius 1 is 0.822 bits per heavy atom. The first-order chi connectivity index (χ1) is 22.1. The predicted molar refractivity (Wildman–Crippen MR) is 188 cm³/mol. The minimum absolute atomic E-state index is 0.0164. The lowest BCUT2D eigenvalue weighted by Gasteiger charge is -2.50. The summed E-state index contributed by atoms with van der Waals surface area (Å²) in [4.78, 5) is 0. The Kier molecular flexibility index (Phi) is 7.73. The fraction of sp³-hybridized carbons (Fsp3) is 0.381. The van der Waals surface area contributed by atoms with Crippen molar-refractivity contribution in [2.75, 3.05) is 0 Å². The lowest BCUT2D eigenvalue weighted by atomic mass is 9.66. The number of hydrogen-bond donors (Lipinski definition) is 3. The predicted octanol–water partition coefficient (Wildman–Crippen LogP) is 9.29. The van der Waals surface area contributed by atoms with Gasteiger partial charge in [-0.1, -0.05) is 116 Å². The number of fused-ring (bicyclic) bond motifs is 1. The van der Waals surface area contributed by atoms with Crippen LogP contribution >= 0.6 is 0 Å². The topological polar surface area (TPSA) is 36.1 Å². The van der Waals surface area contributed by atoms with E-state index in [1.807, 2.05) is 0 Å². The summed E-state index contributed by atoms with van der Waals surface area (Å²) >= 11 is 0. The summed E-state index contributed by atoms with van der Waals surface area (Å²) < 4.78 is 0. The number of benzene rings is 1. The molecule has 3 nitrogen and oxygen atoms in total. The highest BCUT2D eigenvalue weighted by atomic mass is 15.4. The van der Waals surface area contributed by atoms with Crippen molar-refractivity contribution in [2.45, 2.75) is 89.1 Å². The summed E-state index contributed by atoms with van der Waals surface area (Å²) in [6.07, 6.45) is 41.8. The number of hydrogen-bond acceptors (Lipinski definition) is 3. The van der Waals surface area contributed by atoms with Crippen molar-refractivity contribution < 1.29 is 0 Å². The highest BCUT2D eigenvalue weighted by molar-refractivity contribution is 5.79. The van der Waals surface area contributed by atoms with E-state index in [1.54, 1.807) is 16.7 Å². The third-order valence-electron chi connectivity index (χ3n) is 11.2. The number of nitrogens with one attached hydrogen (secondary N) is 3. The van der Waals surface area contributed by atoms with Gasteiger partial charge in [-0.05, 0) is 109 Å². The number of rotatable bonds is 5. The van der Waals surface area contributed by atoms with E-state index in [2.05, 4.69) is 133 Å². The van der Waals surface area contributed by atoms with Crippen molar-refractivity contribution >= 4 is 5.57 Å². The molecule has 1 aromatic rings. The second-order valence-corrected chi connectivity index (χ2v) is 14.1. The molecule has 1 saturated heterocycles. The first-order valence-electron chi connectivity index (χ1n) is 17.4. The molecule has 3 heteroatoms. The lowest BCUT2D eigenvalue weighted by molar-refractivity contribution is 0.100. The molecule has 0 aromatic heterocycles. The zero-order chi connectivity index (χ0) is 30.4. The van der Waals surface area contributed by atoms with Crippen LogP contribution < -0.4 is 16.0 Å². The summed E-state index contributed by atoms with van der Waals surface area (Å²) in [6, 6.07) is 7.38. The van der Waals surface area contributed by atoms with Crippen LogP contribution in [0.15, 0.2) is 131 Å². The van der Waals surface area contributed by atoms with Crippen molar-refractivity contribution in [3.63, 3.8) is 0 Å². The standard InChI is InChI=1S/C42H47N3/c1-28-14-13-23-36-34-22-12-11-19-31(34)26-38(39(28)36)37-27-32(24-25-35(37)29-15-9-10-16-29)41-43-40(30-17-5-3-6-18-30)44-42(2,45-41)33-20-7-4-8-21-33/h4-5,7-9,11,13,15-20,23-25,27-28,33,38,40-41,43-45H,3,6,10,12,14,21-22,26H2,1-2H3. The minimum Gasteiger partial charge on any atom is -0.280 e. The maximum absolute atomic E-state index is 4.08. The van der Waals surface area contributed by atoms with Gasteiger partial charge in [-0.3, -0.25) is 16.0 Å². The molecule has 1 heterocycles. The molecule has 0 amide bonds. The maximum Gasteiger partial charge on any atom is 0.0864 e. The smallest absolute Gasteiger partial charge is 0.0864 e. The third kappa shape index (κ3) is 5.39. The van der Waals surface area contributed by atoms with Gasteiger partial charge in [-0.15, -0.1) is 0 Å². The summed E-state index contributed by atoms with van der Waals surface area (Å²) in [6.45, 7) is 4.81. The Morgan fingerprint density at radius 3 is 2.56 bits per heavy atom. The fourth-order valence-electron chi connectivity index (χ4n) is 8.80. The second kappa shape index (κ2) is 12.0. The van der Waals surface area contributed by atoms with Gasteiger partial charge in [0.1, 0.15) is 0 Å². The molecule has 45 heavy (non-hydrogen) atoms. The van der Waals surface area contributed by atoms with E-state index < -0.39 is 0 Å². The van der Waals surface area contributed by atoms with Crippen LogP contribution in [0, 0.1) is 11.8 Å². The van der Waals surface area contributed by atoms with Crippen molar-refractivity contribution in [3.8, 4) is 0 Å². The molecule has 6 aliphatic carbocycles. The molecule has 8 rings (SSSR count). The van der Waals surface area contributed by atoms with E-state index in [4.69, 9.17) is 0 Å². The van der Waals surface area contributed by atoms with Crippen LogP contribution in [0.2, 0.25) is 0 Å². The van der Waals surface area contributed by atoms with Gasteiger partial charge in [0.25, 0.3) is 0 Å². The molecule has 0 spiro atoms. The van der Waals surface area contributed by atoms with E-state index in [0.29, 0.717) is 17.8 Å². The van der Waals surface area contributed by atoms with Crippen molar-refractivity contribution in [1.29, 1.82) is 0 Å². The molecular formula is C42H47N3. The van der Waals surface area contributed by atoms with E-state index >= 15 is 0 Å². The maximum atomic E-state index is 4.08. The molecule has 230 valence electrons. The fourth-order valence-corrected chi connectivity index (χ4v) is 8.80. The van der Waals surface area contributed by atoms with Crippen LogP contribution in [0.5, 0.6) is 0 Å². The summed E-state index contributed by atoms with van der Waals surface area (Å²) in [7, 11) is 0. The van der Waals surface area contributed by atoms with Gasteiger partial charge >= 0.3 is 0 Å². The molecule has 1 aromatic carbocycles. The summed E-state index contributed by atoms with van der Waals surface area (Å²) in [5, 5.41) is 12.1. The van der Waals surface area contributed by atoms with Crippen molar-refractivity contribution in [3.05, 3.63) is 148 Å². The van der Waals surface area contributed by atoms with Gasteiger partial charge in [0.05, 0.1) is 18.0 Å². The van der Waals surface area contributed by atoms with Crippen LogP contribution in [0.25, 0.3) is 5.57 Å². The Bertz CT molecular complexity index is 1680. The lowest BCUT2D eigenvalue weighted by Crippen LogP contribution is -2.72. The average Bonchev–Trinajstić information content (AvgIpc) is 3.63. The molecule has 6 unspecified atom stereocenters.